The van der Waals surface area contributed by atoms with E-state index in [1.165, 1.54) is 0 Å². The number of halogens is 3. The molecule has 1 aliphatic rings. The van der Waals surface area contributed by atoms with E-state index < -0.39 is 17.5 Å². The summed E-state index contributed by atoms with van der Waals surface area (Å²) in [5.74, 6) is -3.73. The van der Waals surface area contributed by atoms with Crippen molar-refractivity contribution in [3.05, 3.63) is 59.4 Å². The maximum absolute atomic E-state index is 13.3. The molecule has 0 radical (unpaired) electrons. The molecule has 1 saturated heterocycles. The first-order valence-electron chi connectivity index (χ1n) is 7.74. The summed E-state index contributed by atoms with van der Waals surface area (Å²) < 4.78 is 39.7. The molecule has 1 fully saturated rings. The van der Waals surface area contributed by atoms with Crippen LogP contribution in [-0.4, -0.2) is 30.4 Å². The summed E-state index contributed by atoms with van der Waals surface area (Å²) in [7, 11) is 0. The lowest BCUT2D eigenvalue weighted by molar-refractivity contribution is 0.0787. The van der Waals surface area contributed by atoms with Crippen molar-refractivity contribution in [2.75, 3.05) is 19.6 Å². The lowest BCUT2D eigenvalue weighted by Crippen LogP contribution is -2.29. The van der Waals surface area contributed by atoms with E-state index in [0.29, 0.717) is 36.7 Å². The highest BCUT2D eigenvalue weighted by atomic mass is 19.2. The third kappa shape index (κ3) is 3.14. The summed E-state index contributed by atoms with van der Waals surface area (Å²) in [5.41, 5.74) is 6.85. The van der Waals surface area contributed by atoms with Crippen LogP contribution in [0.3, 0.4) is 0 Å². The van der Waals surface area contributed by atoms with Crippen LogP contribution >= 0.6 is 0 Å². The van der Waals surface area contributed by atoms with Crippen molar-refractivity contribution in [2.45, 2.75) is 6.42 Å². The SMILES string of the molecule is NCC1CCN(C(=O)c2ccc(-c3cc(F)c(F)c(F)c3)cc2)C1. The molecule has 0 bridgehead atoms. The van der Waals surface area contributed by atoms with Crippen LogP contribution in [0.15, 0.2) is 36.4 Å². The highest BCUT2D eigenvalue weighted by Gasteiger charge is 2.25. The fourth-order valence-electron chi connectivity index (χ4n) is 2.92. The van der Waals surface area contributed by atoms with Gasteiger partial charge < -0.3 is 10.6 Å². The zero-order valence-corrected chi connectivity index (χ0v) is 12.9. The summed E-state index contributed by atoms with van der Waals surface area (Å²) in [6, 6.07) is 8.26. The van der Waals surface area contributed by atoms with Gasteiger partial charge >= 0.3 is 0 Å². The molecule has 6 heteroatoms. The molecular weight excluding hydrogens is 317 g/mol. The van der Waals surface area contributed by atoms with Gasteiger partial charge in [-0.1, -0.05) is 12.1 Å². The average Bonchev–Trinajstić information content (AvgIpc) is 3.08. The molecule has 24 heavy (non-hydrogen) atoms. The van der Waals surface area contributed by atoms with Crippen molar-refractivity contribution in [1.29, 1.82) is 0 Å². The molecule has 0 aromatic heterocycles. The molecule has 126 valence electrons. The Kier molecular flexibility index (Phi) is 4.57. The minimum Gasteiger partial charge on any atom is -0.338 e. The zero-order chi connectivity index (χ0) is 17.3. The molecule has 0 aliphatic carbocycles. The van der Waals surface area contributed by atoms with E-state index >= 15 is 0 Å². The van der Waals surface area contributed by atoms with Gasteiger partial charge in [-0.3, -0.25) is 4.79 Å². The number of nitrogens with two attached hydrogens (primary N) is 1. The molecule has 2 aromatic rings. The molecular formula is C18H17F3N2O. The Morgan fingerprint density at radius 1 is 1.08 bits per heavy atom. The van der Waals surface area contributed by atoms with Gasteiger partial charge in [0.1, 0.15) is 0 Å². The topological polar surface area (TPSA) is 46.3 Å². The number of carbonyl (C=O) groups is 1. The van der Waals surface area contributed by atoms with Gasteiger partial charge in [0, 0.05) is 18.7 Å². The van der Waals surface area contributed by atoms with Crippen molar-refractivity contribution < 1.29 is 18.0 Å². The minimum atomic E-state index is -1.49. The second kappa shape index (κ2) is 6.65. The van der Waals surface area contributed by atoms with Gasteiger partial charge in [0.25, 0.3) is 5.91 Å². The highest BCUT2D eigenvalue weighted by Crippen LogP contribution is 2.25. The number of amides is 1. The van der Waals surface area contributed by atoms with Crippen molar-refractivity contribution in [2.24, 2.45) is 11.7 Å². The molecule has 3 nitrogen and oxygen atoms in total. The smallest absolute Gasteiger partial charge is 0.253 e. The molecule has 1 atom stereocenters. The first-order valence-corrected chi connectivity index (χ1v) is 7.74. The molecule has 2 N–H and O–H groups in total. The largest absolute Gasteiger partial charge is 0.338 e. The van der Waals surface area contributed by atoms with Gasteiger partial charge in [-0.05, 0) is 54.3 Å². The molecule has 3 rings (SSSR count). The number of rotatable bonds is 3. The molecule has 0 spiro atoms. The molecule has 1 heterocycles. The summed E-state index contributed by atoms with van der Waals surface area (Å²) in [4.78, 5) is 14.2. The average molecular weight is 334 g/mol. The first kappa shape index (κ1) is 16.5. The van der Waals surface area contributed by atoms with E-state index in [-0.39, 0.29) is 11.5 Å². The fraction of sp³-hybridized carbons (Fsp3) is 0.278. The van der Waals surface area contributed by atoms with Crippen molar-refractivity contribution in [3.63, 3.8) is 0 Å². The van der Waals surface area contributed by atoms with Crippen LogP contribution in [0.5, 0.6) is 0 Å². The third-order valence-corrected chi connectivity index (χ3v) is 4.36. The Morgan fingerprint density at radius 2 is 1.71 bits per heavy atom. The van der Waals surface area contributed by atoms with Crippen LogP contribution in [0.2, 0.25) is 0 Å². The predicted octanol–water partition coefficient (Wildman–Crippen LogP) is 3.19. The van der Waals surface area contributed by atoms with E-state index in [2.05, 4.69) is 0 Å². The normalized spacial score (nSPS) is 17.3. The summed E-state index contributed by atoms with van der Waals surface area (Å²) in [5, 5.41) is 0. The van der Waals surface area contributed by atoms with Gasteiger partial charge in [-0.15, -0.1) is 0 Å². The number of carbonyl (C=O) groups excluding carboxylic acids is 1. The lowest BCUT2D eigenvalue weighted by atomic mass is 10.0. The van der Waals surface area contributed by atoms with Crippen LogP contribution in [-0.2, 0) is 0 Å². The third-order valence-electron chi connectivity index (χ3n) is 4.36. The Hall–Kier alpha value is -2.34. The van der Waals surface area contributed by atoms with Crippen LogP contribution in [0, 0.1) is 23.4 Å². The predicted molar refractivity (Wildman–Crippen MR) is 84.8 cm³/mol. The Labute approximate surface area is 137 Å². The van der Waals surface area contributed by atoms with E-state index in [9.17, 15) is 18.0 Å². The Morgan fingerprint density at radius 3 is 2.25 bits per heavy atom. The number of hydrogen-bond donors (Lipinski definition) is 1. The lowest BCUT2D eigenvalue weighted by Gasteiger charge is -2.16. The maximum atomic E-state index is 13.3. The number of likely N-dealkylation sites (tertiary alicyclic amines) is 1. The van der Waals surface area contributed by atoms with Crippen LogP contribution in [0.4, 0.5) is 13.2 Å². The standard InChI is InChI=1S/C18H17F3N2O/c19-15-7-14(8-16(20)17(15)21)12-1-3-13(4-2-12)18(24)23-6-5-11(9-22)10-23/h1-4,7-8,11H,5-6,9-10,22H2. The Bertz CT molecular complexity index is 738. The second-order valence-electron chi connectivity index (χ2n) is 5.97. The van der Waals surface area contributed by atoms with Crippen LogP contribution in [0.1, 0.15) is 16.8 Å². The summed E-state index contributed by atoms with van der Waals surface area (Å²) in [6.07, 6.45) is 0.897. The summed E-state index contributed by atoms with van der Waals surface area (Å²) in [6.45, 7) is 1.88. The van der Waals surface area contributed by atoms with Crippen molar-refractivity contribution in [1.82, 2.24) is 4.90 Å². The quantitative estimate of drug-likeness (QED) is 0.876. The highest BCUT2D eigenvalue weighted by molar-refractivity contribution is 5.94. The minimum absolute atomic E-state index is 0.0889. The maximum Gasteiger partial charge on any atom is 0.253 e. The van der Waals surface area contributed by atoms with E-state index in [0.717, 1.165) is 18.6 Å². The monoisotopic (exact) mass is 334 g/mol. The van der Waals surface area contributed by atoms with E-state index in [1.54, 1.807) is 29.2 Å². The molecule has 0 saturated carbocycles. The Balaban J connectivity index is 1.80. The molecule has 1 unspecified atom stereocenters. The molecule has 1 aliphatic heterocycles. The second-order valence-corrected chi connectivity index (χ2v) is 5.97. The summed E-state index contributed by atoms with van der Waals surface area (Å²) >= 11 is 0. The molecule has 1 amide bonds. The van der Waals surface area contributed by atoms with Gasteiger partial charge in [-0.2, -0.15) is 0 Å². The van der Waals surface area contributed by atoms with E-state index in [1.807, 2.05) is 0 Å². The van der Waals surface area contributed by atoms with E-state index in [4.69, 9.17) is 5.73 Å². The first-order chi connectivity index (χ1) is 11.5. The number of nitrogens with zero attached hydrogens (tertiary/aromatic N) is 1. The molecule has 2 aromatic carbocycles. The van der Waals surface area contributed by atoms with Crippen molar-refractivity contribution >= 4 is 5.91 Å². The van der Waals surface area contributed by atoms with Gasteiger partial charge in [-0.25, -0.2) is 13.2 Å². The number of benzene rings is 2. The fourth-order valence-corrected chi connectivity index (χ4v) is 2.92. The number of hydrogen-bond acceptors (Lipinski definition) is 2. The van der Waals surface area contributed by atoms with Crippen molar-refractivity contribution in [3.8, 4) is 11.1 Å². The zero-order valence-electron chi connectivity index (χ0n) is 12.9. The van der Waals surface area contributed by atoms with Gasteiger partial charge in [0.05, 0.1) is 0 Å². The van der Waals surface area contributed by atoms with Gasteiger partial charge in [0.2, 0.25) is 0 Å². The van der Waals surface area contributed by atoms with Crippen LogP contribution < -0.4 is 5.73 Å². The van der Waals surface area contributed by atoms with Gasteiger partial charge in [0.15, 0.2) is 17.5 Å². The van der Waals surface area contributed by atoms with Crippen LogP contribution in [0.25, 0.3) is 11.1 Å².